The van der Waals surface area contributed by atoms with Crippen LogP contribution < -0.4 is 4.90 Å². The standard InChI is InChI=1S/C24H14F2N2O3S/c25-15-8-6-13(7-9-15)20-19(21(29)14-4-2-1-3-5-14)22(30)23(31)28(20)24-27-17-11-10-16(26)12-18(17)32-24/h1-12,20,29H. The average molecular weight is 448 g/mol. The van der Waals surface area contributed by atoms with Gasteiger partial charge in [0, 0.05) is 5.56 Å². The predicted octanol–water partition coefficient (Wildman–Crippen LogP) is 5.20. The van der Waals surface area contributed by atoms with Crippen LogP contribution in [0.15, 0.2) is 78.4 Å². The minimum absolute atomic E-state index is 0.127. The zero-order valence-corrected chi connectivity index (χ0v) is 17.1. The van der Waals surface area contributed by atoms with Crippen LogP contribution in [0.3, 0.4) is 0 Å². The highest BCUT2D eigenvalue weighted by molar-refractivity contribution is 7.22. The Morgan fingerprint density at radius 2 is 1.62 bits per heavy atom. The number of hydrogen-bond donors (Lipinski definition) is 1. The fraction of sp³-hybridized carbons (Fsp3) is 0.0417. The van der Waals surface area contributed by atoms with Gasteiger partial charge in [-0.05, 0) is 35.9 Å². The Morgan fingerprint density at radius 3 is 2.34 bits per heavy atom. The number of aromatic nitrogens is 1. The zero-order valence-electron chi connectivity index (χ0n) is 16.3. The number of hydrogen-bond acceptors (Lipinski definition) is 5. The number of anilines is 1. The first kappa shape index (κ1) is 20.0. The molecule has 1 unspecified atom stereocenters. The molecule has 8 heteroatoms. The van der Waals surface area contributed by atoms with Gasteiger partial charge >= 0.3 is 5.91 Å². The normalized spacial score (nSPS) is 17.9. The lowest BCUT2D eigenvalue weighted by atomic mass is 9.95. The van der Waals surface area contributed by atoms with E-state index < -0.39 is 29.4 Å². The number of halogens is 2. The summed E-state index contributed by atoms with van der Waals surface area (Å²) in [6.07, 6.45) is 0. The zero-order chi connectivity index (χ0) is 22.4. The maximum atomic E-state index is 13.7. The quantitative estimate of drug-likeness (QED) is 0.266. The van der Waals surface area contributed by atoms with Gasteiger partial charge in [-0.3, -0.25) is 14.5 Å². The van der Waals surface area contributed by atoms with E-state index in [-0.39, 0.29) is 16.5 Å². The monoisotopic (exact) mass is 448 g/mol. The number of benzene rings is 3. The van der Waals surface area contributed by atoms with E-state index in [2.05, 4.69) is 4.98 Å². The smallest absolute Gasteiger partial charge is 0.301 e. The Balaban J connectivity index is 1.73. The van der Waals surface area contributed by atoms with E-state index in [0.717, 1.165) is 11.3 Å². The van der Waals surface area contributed by atoms with Crippen molar-refractivity contribution in [1.29, 1.82) is 0 Å². The molecule has 1 aliphatic rings. The molecule has 1 amide bonds. The highest BCUT2D eigenvalue weighted by Crippen LogP contribution is 2.44. The molecule has 1 N–H and O–H groups in total. The second kappa shape index (κ2) is 7.65. The Hall–Kier alpha value is -3.91. The minimum Gasteiger partial charge on any atom is -0.507 e. The fourth-order valence-corrected chi connectivity index (χ4v) is 4.75. The lowest BCUT2D eigenvalue weighted by Crippen LogP contribution is -2.29. The van der Waals surface area contributed by atoms with Crippen LogP contribution in [0.25, 0.3) is 16.0 Å². The lowest BCUT2D eigenvalue weighted by Gasteiger charge is -2.22. The highest BCUT2D eigenvalue weighted by atomic mass is 32.1. The second-order valence-corrected chi connectivity index (χ2v) is 8.20. The van der Waals surface area contributed by atoms with Crippen LogP contribution in [-0.2, 0) is 9.59 Å². The van der Waals surface area contributed by atoms with Gasteiger partial charge in [-0.25, -0.2) is 13.8 Å². The Labute approximate surface area is 184 Å². The third kappa shape index (κ3) is 3.25. The van der Waals surface area contributed by atoms with Crippen LogP contribution in [0.4, 0.5) is 13.9 Å². The van der Waals surface area contributed by atoms with Gasteiger partial charge in [0.05, 0.1) is 21.8 Å². The maximum Gasteiger partial charge on any atom is 0.301 e. The number of thiazole rings is 1. The highest BCUT2D eigenvalue weighted by Gasteiger charge is 2.48. The molecule has 1 aromatic heterocycles. The number of carbonyl (C=O) groups is 2. The third-order valence-corrected chi connectivity index (χ3v) is 6.24. The molecule has 1 saturated heterocycles. The number of ketones is 1. The summed E-state index contributed by atoms with van der Waals surface area (Å²) >= 11 is 1.05. The van der Waals surface area contributed by atoms with Crippen molar-refractivity contribution in [3.05, 3.63) is 101 Å². The molecule has 0 radical (unpaired) electrons. The van der Waals surface area contributed by atoms with Gasteiger partial charge in [0.15, 0.2) is 5.13 Å². The average Bonchev–Trinajstić information content (AvgIpc) is 3.32. The molecular formula is C24H14F2N2O3S. The van der Waals surface area contributed by atoms with E-state index in [1.54, 1.807) is 30.3 Å². The lowest BCUT2D eigenvalue weighted by molar-refractivity contribution is -0.132. The van der Waals surface area contributed by atoms with Crippen LogP contribution >= 0.6 is 11.3 Å². The van der Waals surface area contributed by atoms with Crippen LogP contribution in [-0.4, -0.2) is 21.8 Å². The summed E-state index contributed by atoms with van der Waals surface area (Å²) in [6.45, 7) is 0. The Kier molecular flexibility index (Phi) is 4.79. The number of rotatable bonds is 3. The van der Waals surface area contributed by atoms with Crippen molar-refractivity contribution in [2.45, 2.75) is 6.04 Å². The van der Waals surface area contributed by atoms with Gasteiger partial charge in [0.2, 0.25) is 0 Å². The number of carbonyl (C=O) groups excluding carboxylic acids is 2. The Morgan fingerprint density at radius 1 is 0.938 bits per heavy atom. The number of nitrogens with zero attached hydrogens (tertiary/aromatic N) is 2. The first-order valence-corrected chi connectivity index (χ1v) is 10.4. The fourth-order valence-electron chi connectivity index (χ4n) is 3.73. The number of aliphatic hydroxyl groups is 1. The molecule has 0 bridgehead atoms. The largest absolute Gasteiger partial charge is 0.507 e. The van der Waals surface area contributed by atoms with E-state index in [1.165, 1.54) is 47.4 Å². The molecule has 0 spiro atoms. The van der Waals surface area contributed by atoms with Crippen molar-refractivity contribution in [2.24, 2.45) is 0 Å². The topological polar surface area (TPSA) is 70.5 Å². The summed E-state index contributed by atoms with van der Waals surface area (Å²) in [5.74, 6) is -3.03. The maximum absolute atomic E-state index is 13.7. The second-order valence-electron chi connectivity index (χ2n) is 7.20. The van der Waals surface area contributed by atoms with Crippen molar-refractivity contribution in [3.8, 4) is 0 Å². The van der Waals surface area contributed by atoms with Gasteiger partial charge in [0.1, 0.15) is 17.4 Å². The van der Waals surface area contributed by atoms with Gasteiger partial charge in [-0.15, -0.1) is 0 Å². The summed E-state index contributed by atoms with van der Waals surface area (Å²) in [5.41, 5.74) is 1.13. The van der Waals surface area contributed by atoms with Crippen LogP contribution in [0.1, 0.15) is 17.2 Å². The molecule has 1 aliphatic heterocycles. The Bertz CT molecular complexity index is 1400. The van der Waals surface area contributed by atoms with Gasteiger partial charge in [0.25, 0.3) is 5.78 Å². The van der Waals surface area contributed by atoms with E-state index in [9.17, 15) is 23.5 Å². The molecule has 4 aromatic rings. The minimum atomic E-state index is -1.03. The van der Waals surface area contributed by atoms with Gasteiger partial charge in [-0.1, -0.05) is 53.8 Å². The van der Waals surface area contributed by atoms with E-state index >= 15 is 0 Å². The summed E-state index contributed by atoms with van der Waals surface area (Å²) in [4.78, 5) is 31.7. The molecular weight excluding hydrogens is 434 g/mol. The molecule has 2 heterocycles. The molecule has 3 aromatic carbocycles. The van der Waals surface area contributed by atoms with Crippen molar-refractivity contribution >= 4 is 44.1 Å². The third-order valence-electron chi connectivity index (χ3n) is 5.22. The van der Waals surface area contributed by atoms with E-state index in [1.807, 2.05) is 0 Å². The van der Waals surface area contributed by atoms with Crippen molar-refractivity contribution in [1.82, 2.24) is 4.98 Å². The molecule has 1 fully saturated rings. The first-order chi connectivity index (χ1) is 15.4. The van der Waals surface area contributed by atoms with Crippen molar-refractivity contribution < 1.29 is 23.5 Å². The van der Waals surface area contributed by atoms with E-state index in [0.29, 0.717) is 21.3 Å². The molecule has 5 nitrogen and oxygen atoms in total. The molecule has 5 rings (SSSR count). The van der Waals surface area contributed by atoms with Crippen LogP contribution in [0, 0.1) is 11.6 Å². The van der Waals surface area contributed by atoms with Crippen molar-refractivity contribution in [3.63, 3.8) is 0 Å². The number of Topliss-reactive ketones (excluding diaryl/α,β-unsaturated/α-hetero) is 1. The first-order valence-electron chi connectivity index (χ1n) is 9.62. The molecule has 0 saturated carbocycles. The summed E-state index contributed by atoms with van der Waals surface area (Å²) in [5, 5.41) is 11.2. The van der Waals surface area contributed by atoms with Crippen molar-refractivity contribution in [2.75, 3.05) is 4.90 Å². The SMILES string of the molecule is O=C1C(=O)N(c2nc3ccc(F)cc3s2)C(c2ccc(F)cc2)C1=C(O)c1ccccc1. The summed E-state index contributed by atoms with van der Waals surface area (Å²) in [6, 6.07) is 16.7. The number of aliphatic hydroxyl groups excluding tert-OH is 1. The number of amides is 1. The molecule has 0 aliphatic carbocycles. The molecule has 1 atom stereocenters. The number of fused-ring (bicyclic) bond motifs is 1. The van der Waals surface area contributed by atoms with Crippen LogP contribution in [0.5, 0.6) is 0 Å². The van der Waals surface area contributed by atoms with E-state index in [4.69, 9.17) is 0 Å². The van der Waals surface area contributed by atoms with Gasteiger partial charge < -0.3 is 5.11 Å². The summed E-state index contributed by atoms with van der Waals surface area (Å²) < 4.78 is 27.8. The summed E-state index contributed by atoms with van der Waals surface area (Å²) in [7, 11) is 0. The molecule has 32 heavy (non-hydrogen) atoms. The molecule has 158 valence electrons. The predicted molar refractivity (Wildman–Crippen MR) is 117 cm³/mol. The van der Waals surface area contributed by atoms with Gasteiger partial charge in [-0.2, -0.15) is 0 Å². The van der Waals surface area contributed by atoms with Crippen LogP contribution in [0.2, 0.25) is 0 Å².